The van der Waals surface area contributed by atoms with E-state index in [2.05, 4.69) is 35.8 Å². The SMILES string of the molecule is CSc1ccc(C2CCNCC2)cc1.Cl. The van der Waals surface area contributed by atoms with E-state index in [1.54, 1.807) is 0 Å². The second kappa shape index (κ2) is 6.41. The van der Waals surface area contributed by atoms with Crippen molar-refractivity contribution in [3.8, 4) is 0 Å². The van der Waals surface area contributed by atoms with Crippen molar-refractivity contribution < 1.29 is 0 Å². The standard InChI is InChI=1S/C12H17NS.ClH/c1-14-12-4-2-10(3-5-12)11-6-8-13-9-7-11;/h2-5,11,13H,6-9H2,1H3;1H. The fraction of sp³-hybridized carbons (Fsp3) is 0.500. The molecule has 1 fully saturated rings. The molecule has 1 aromatic rings. The maximum Gasteiger partial charge on any atom is 0.00693 e. The van der Waals surface area contributed by atoms with Crippen molar-refractivity contribution in [3.05, 3.63) is 29.8 Å². The van der Waals surface area contributed by atoms with Crippen molar-refractivity contribution in [2.45, 2.75) is 23.7 Å². The van der Waals surface area contributed by atoms with Crippen LogP contribution in [0.15, 0.2) is 29.2 Å². The lowest BCUT2D eigenvalue weighted by molar-refractivity contribution is 0.460. The zero-order valence-electron chi connectivity index (χ0n) is 9.03. The molecule has 1 N–H and O–H groups in total. The zero-order chi connectivity index (χ0) is 9.80. The Kier molecular flexibility index (Phi) is 5.51. The molecule has 0 amide bonds. The number of hydrogen-bond acceptors (Lipinski definition) is 2. The number of piperidine rings is 1. The van der Waals surface area contributed by atoms with Gasteiger partial charge in [0.05, 0.1) is 0 Å². The van der Waals surface area contributed by atoms with E-state index >= 15 is 0 Å². The highest BCUT2D eigenvalue weighted by molar-refractivity contribution is 7.98. The maximum atomic E-state index is 3.40. The summed E-state index contributed by atoms with van der Waals surface area (Å²) in [7, 11) is 0. The van der Waals surface area contributed by atoms with Crippen molar-refractivity contribution in [3.63, 3.8) is 0 Å². The van der Waals surface area contributed by atoms with E-state index in [1.165, 1.54) is 36.4 Å². The van der Waals surface area contributed by atoms with Gasteiger partial charge in [0.2, 0.25) is 0 Å². The Balaban J connectivity index is 0.00000112. The van der Waals surface area contributed by atoms with Crippen LogP contribution in [0.2, 0.25) is 0 Å². The second-order valence-corrected chi connectivity index (χ2v) is 4.68. The predicted molar refractivity (Wildman–Crippen MR) is 70.3 cm³/mol. The van der Waals surface area contributed by atoms with Crippen molar-refractivity contribution >= 4 is 24.2 Å². The van der Waals surface area contributed by atoms with Crippen LogP contribution in [0.1, 0.15) is 24.3 Å². The van der Waals surface area contributed by atoms with Crippen LogP contribution in [-0.2, 0) is 0 Å². The molecule has 15 heavy (non-hydrogen) atoms. The molecule has 0 atom stereocenters. The molecule has 3 heteroatoms. The van der Waals surface area contributed by atoms with Gasteiger partial charge in [-0.25, -0.2) is 0 Å². The van der Waals surface area contributed by atoms with Crippen LogP contribution in [0.4, 0.5) is 0 Å². The van der Waals surface area contributed by atoms with Crippen LogP contribution in [0.25, 0.3) is 0 Å². The third-order valence-corrected chi connectivity index (χ3v) is 3.67. The molecule has 1 saturated heterocycles. The number of benzene rings is 1. The predicted octanol–water partition coefficient (Wildman–Crippen LogP) is 3.30. The molecule has 0 unspecified atom stereocenters. The van der Waals surface area contributed by atoms with E-state index in [4.69, 9.17) is 0 Å². The van der Waals surface area contributed by atoms with E-state index in [-0.39, 0.29) is 12.4 Å². The minimum Gasteiger partial charge on any atom is -0.317 e. The molecule has 0 aromatic heterocycles. The van der Waals surface area contributed by atoms with Crippen LogP contribution < -0.4 is 5.32 Å². The summed E-state index contributed by atoms with van der Waals surface area (Å²) in [4.78, 5) is 1.36. The second-order valence-electron chi connectivity index (χ2n) is 3.80. The summed E-state index contributed by atoms with van der Waals surface area (Å²) in [5.41, 5.74) is 1.52. The van der Waals surface area contributed by atoms with E-state index < -0.39 is 0 Å². The first-order valence-corrected chi connectivity index (χ1v) is 6.47. The molecular formula is C12H18ClNS. The van der Waals surface area contributed by atoms with Crippen molar-refractivity contribution in [2.75, 3.05) is 19.3 Å². The summed E-state index contributed by atoms with van der Waals surface area (Å²) in [6, 6.07) is 9.06. The molecule has 1 heterocycles. The first-order chi connectivity index (χ1) is 6.90. The van der Waals surface area contributed by atoms with Gasteiger partial charge >= 0.3 is 0 Å². The third-order valence-electron chi connectivity index (χ3n) is 2.93. The molecule has 0 bridgehead atoms. The Bertz CT molecular complexity index is 280. The van der Waals surface area contributed by atoms with Crippen LogP contribution >= 0.6 is 24.2 Å². The molecule has 2 rings (SSSR count). The minimum absolute atomic E-state index is 0. The summed E-state index contributed by atoms with van der Waals surface area (Å²) < 4.78 is 0. The van der Waals surface area contributed by atoms with E-state index in [0.717, 1.165) is 5.92 Å². The molecule has 0 radical (unpaired) electrons. The zero-order valence-corrected chi connectivity index (χ0v) is 10.7. The minimum atomic E-state index is 0. The van der Waals surface area contributed by atoms with Gasteiger partial charge in [-0.3, -0.25) is 0 Å². The molecule has 84 valence electrons. The average molecular weight is 244 g/mol. The maximum absolute atomic E-state index is 3.40. The quantitative estimate of drug-likeness (QED) is 0.800. The largest absolute Gasteiger partial charge is 0.317 e. The normalized spacial score (nSPS) is 17.1. The first-order valence-electron chi connectivity index (χ1n) is 5.25. The first kappa shape index (κ1) is 12.9. The Morgan fingerprint density at radius 1 is 1.13 bits per heavy atom. The van der Waals surface area contributed by atoms with E-state index in [1.807, 2.05) is 11.8 Å². The lowest BCUT2D eigenvalue weighted by Gasteiger charge is -2.22. The third kappa shape index (κ3) is 3.40. The molecule has 1 aliphatic heterocycles. The van der Waals surface area contributed by atoms with Gasteiger partial charge in [0.1, 0.15) is 0 Å². The van der Waals surface area contributed by atoms with Crippen LogP contribution in [0.5, 0.6) is 0 Å². The molecule has 1 aromatic carbocycles. The Labute approximate surface area is 102 Å². The summed E-state index contributed by atoms with van der Waals surface area (Å²) in [6.07, 6.45) is 4.71. The van der Waals surface area contributed by atoms with Gasteiger partial charge in [-0.05, 0) is 55.8 Å². The van der Waals surface area contributed by atoms with Gasteiger partial charge in [-0.2, -0.15) is 0 Å². The lowest BCUT2D eigenvalue weighted by atomic mass is 9.90. The van der Waals surface area contributed by atoms with Crippen molar-refractivity contribution in [1.29, 1.82) is 0 Å². The highest BCUT2D eigenvalue weighted by Gasteiger charge is 2.14. The molecular weight excluding hydrogens is 226 g/mol. The molecule has 0 spiro atoms. The number of nitrogens with one attached hydrogen (secondary N) is 1. The number of rotatable bonds is 2. The topological polar surface area (TPSA) is 12.0 Å². The summed E-state index contributed by atoms with van der Waals surface area (Å²) in [5.74, 6) is 0.784. The summed E-state index contributed by atoms with van der Waals surface area (Å²) >= 11 is 1.81. The van der Waals surface area contributed by atoms with Crippen LogP contribution in [0, 0.1) is 0 Å². The number of thioether (sulfide) groups is 1. The summed E-state index contributed by atoms with van der Waals surface area (Å²) in [5, 5.41) is 3.40. The summed E-state index contributed by atoms with van der Waals surface area (Å²) in [6.45, 7) is 2.35. The van der Waals surface area contributed by atoms with Gasteiger partial charge in [0.15, 0.2) is 0 Å². The van der Waals surface area contributed by atoms with Crippen LogP contribution in [0.3, 0.4) is 0 Å². The molecule has 0 saturated carbocycles. The smallest absolute Gasteiger partial charge is 0.00693 e. The van der Waals surface area contributed by atoms with Gasteiger partial charge in [0, 0.05) is 4.90 Å². The van der Waals surface area contributed by atoms with Crippen LogP contribution in [-0.4, -0.2) is 19.3 Å². The highest BCUT2D eigenvalue weighted by atomic mass is 35.5. The van der Waals surface area contributed by atoms with Gasteiger partial charge < -0.3 is 5.32 Å². The number of hydrogen-bond donors (Lipinski definition) is 1. The Morgan fingerprint density at radius 2 is 1.73 bits per heavy atom. The van der Waals surface area contributed by atoms with Crippen molar-refractivity contribution in [2.24, 2.45) is 0 Å². The number of halogens is 1. The Hall–Kier alpha value is -0.180. The lowest BCUT2D eigenvalue weighted by Crippen LogP contribution is -2.26. The van der Waals surface area contributed by atoms with E-state index in [9.17, 15) is 0 Å². The Morgan fingerprint density at radius 3 is 2.27 bits per heavy atom. The average Bonchev–Trinajstić information content (AvgIpc) is 2.30. The van der Waals surface area contributed by atoms with E-state index in [0.29, 0.717) is 0 Å². The van der Waals surface area contributed by atoms with Crippen molar-refractivity contribution in [1.82, 2.24) is 5.32 Å². The molecule has 1 aliphatic rings. The van der Waals surface area contributed by atoms with Gasteiger partial charge in [-0.1, -0.05) is 12.1 Å². The monoisotopic (exact) mass is 243 g/mol. The molecule has 0 aliphatic carbocycles. The highest BCUT2D eigenvalue weighted by Crippen LogP contribution is 2.26. The van der Waals surface area contributed by atoms with Gasteiger partial charge in [-0.15, -0.1) is 24.2 Å². The fourth-order valence-electron chi connectivity index (χ4n) is 2.03. The van der Waals surface area contributed by atoms with Gasteiger partial charge in [0.25, 0.3) is 0 Å². The molecule has 1 nitrogen and oxygen atoms in total. The fourth-order valence-corrected chi connectivity index (χ4v) is 2.44.